The quantitative estimate of drug-likeness (QED) is 0.860. The van der Waals surface area contributed by atoms with Crippen molar-refractivity contribution in [3.63, 3.8) is 0 Å². The lowest BCUT2D eigenvalue weighted by atomic mass is 10.0. The van der Waals surface area contributed by atoms with Crippen LogP contribution in [0.25, 0.3) is 5.57 Å². The summed E-state index contributed by atoms with van der Waals surface area (Å²) in [4.78, 5) is 0. The van der Waals surface area contributed by atoms with Crippen molar-refractivity contribution < 1.29 is 9.47 Å². The Balaban J connectivity index is 2.34. The van der Waals surface area contributed by atoms with Crippen molar-refractivity contribution >= 4 is 5.57 Å². The van der Waals surface area contributed by atoms with Gasteiger partial charge in [-0.2, -0.15) is 5.26 Å². The van der Waals surface area contributed by atoms with Crippen LogP contribution < -0.4 is 15.2 Å². The van der Waals surface area contributed by atoms with E-state index in [-0.39, 0.29) is 0 Å². The minimum atomic E-state index is 0.460. The Labute approximate surface area is 130 Å². The fourth-order valence-corrected chi connectivity index (χ4v) is 2.19. The van der Waals surface area contributed by atoms with Gasteiger partial charge < -0.3 is 15.2 Å². The number of hydrogen-bond acceptors (Lipinski definition) is 4. The summed E-state index contributed by atoms with van der Waals surface area (Å²) in [6.45, 7) is 0. The number of allylic oxidation sites excluding steroid dienone is 2. The van der Waals surface area contributed by atoms with E-state index in [9.17, 15) is 5.26 Å². The highest BCUT2D eigenvalue weighted by molar-refractivity contribution is 5.79. The lowest BCUT2D eigenvalue weighted by molar-refractivity contribution is 0.414. The smallest absolute Gasteiger partial charge is 0.119 e. The van der Waals surface area contributed by atoms with Crippen LogP contribution in [0.2, 0.25) is 0 Å². The molecule has 0 atom stereocenters. The van der Waals surface area contributed by atoms with Crippen molar-refractivity contribution in [2.45, 2.75) is 6.42 Å². The molecule has 22 heavy (non-hydrogen) atoms. The second-order valence-corrected chi connectivity index (χ2v) is 4.77. The molecule has 2 aromatic rings. The van der Waals surface area contributed by atoms with Gasteiger partial charge in [0, 0.05) is 12.1 Å². The molecule has 0 aliphatic carbocycles. The first-order valence-electron chi connectivity index (χ1n) is 6.84. The van der Waals surface area contributed by atoms with E-state index in [1.54, 1.807) is 20.3 Å². The largest absolute Gasteiger partial charge is 0.497 e. The van der Waals surface area contributed by atoms with Gasteiger partial charge in [0.2, 0.25) is 0 Å². The van der Waals surface area contributed by atoms with Crippen LogP contribution in [0, 0.1) is 11.3 Å². The third-order valence-electron chi connectivity index (χ3n) is 3.32. The van der Waals surface area contributed by atoms with Gasteiger partial charge in [0.15, 0.2) is 0 Å². The molecule has 0 aliphatic rings. The molecular formula is C18H18N2O2. The molecule has 0 heterocycles. The highest BCUT2D eigenvalue weighted by atomic mass is 16.5. The van der Waals surface area contributed by atoms with Crippen LogP contribution >= 0.6 is 0 Å². The Bertz CT molecular complexity index is 730. The number of rotatable bonds is 5. The highest BCUT2D eigenvalue weighted by Gasteiger charge is 2.09. The lowest BCUT2D eigenvalue weighted by Gasteiger charge is -2.09. The molecular weight excluding hydrogens is 276 g/mol. The summed E-state index contributed by atoms with van der Waals surface area (Å²) in [5.74, 6) is 1.46. The van der Waals surface area contributed by atoms with E-state index >= 15 is 0 Å². The van der Waals surface area contributed by atoms with Crippen molar-refractivity contribution in [1.82, 2.24) is 0 Å². The minimum Gasteiger partial charge on any atom is -0.497 e. The zero-order valence-electron chi connectivity index (χ0n) is 12.7. The molecule has 112 valence electrons. The van der Waals surface area contributed by atoms with Crippen LogP contribution in [0.5, 0.6) is 11.5 Å². The molecule has 0 saturated carbocycles. The molecule has 2 N–H and O–H groups in total. The van der Waals surface area contributed by atoms with E-state index in [1.807, 2.05) is 42.5 Å². The maximum atomic E-state index is 9.44. The molecule has 2 aromatic carbocycles. The van der Waals surface area contributed by atoms with Crippen LogP contribution in [-0.4, -0.2) is 14.2 Å². The highest BCUT2D eigenvalue weighted by Crippen LogP contribution is 2.23. The summed E-state index contributed by atoms with van der Waals surface area (Å²) in [6, 6.07) is 17.1. The van der Waals surface area contributed by atoms with Crippen molar-refractivity contribution in [1.29, 1.82) is 5.26 Å². The van der Waals surface area contributed by atoms with Gasteiger partial charge in [-0.05, 0) is 35.4 Å². The Morgan fingerprint density at radius 1 is 1.05 bits per heavy atom. The summed E-state index contributed by atoms with van der Waals surface area (Å²) in [6.07, 6.45) is 0.483. The van der Waals surface area contributed by atoms with Gasteiger partial charge in [0.05, 0.1) is 19.8 Å². The molecule has 0 aromatic heterocycles. The van der Waals surface area contributed by atoms with Gasteiger partial charge in [-0.3, -0.25) is 0 Å². The Morgan fingerprint density at radius 3 is 2.32 bits per heavy atom. The normalized spacial score (nSPS) is 11.3. The standard InChI is InChI=1S/C18H18N2O2/c1-21-15-7-3-5-13(9-15)10-18(20)17(12-19)14-6-4-8-16(11-14)22-2/h3-9,11H,10,20H2,1-2H3/b18-17-. The molecule has 2 rings (SSSR count). The van der Waals surface area contributed by atoms with Gasteiger partial charge in [0.25, 0.3) is 0 Å². The van der Waals surface area contributed by atoms with Crippen LogP contribution in [0.1, 0.15) is 11.1 Å². The van der Waals surface area contributed by atoms with Crippen molar-refractivity contribution in [3.05, 3.63) is 65.4 Å². The summed E-state index contributed by atoms with van der Waals surface area (Å²) in [5, 5.41) is 9.44. The van der Waals surface area contributed by atoms with Crippen molar-refractivity contribution in [2.24, 2.45) is 5.73 Å². The Morgan fingerprint density at radius 2 is 1.68 bits per heavy atom. The number of ether oxygens (including phenoxy) is 2. The molecule has 0 spiro atoms. The summed E-state index contributed by atoms with van der Waals surface area (Å²) in [5.41, 5.74) is 8.87. The predicted octanol–water partition coefficient (Wildman–Crippen LogP) is 3.14. The third-order valence-corrected chi connectivity index (χ3v) is 3.32. The van der Waals surface area contributed by atoms with Gasteiger partial charge in [-0.25, -0.2) is 0 Å². The van der Waals surface area contributed by atoms with Crippen LogP contribution in [-0.2, 0) is 6.42 Å². The van der Waals surface area contributed by atoms with Crippen LogP contribution in [0.4, 0.5) is 0 Å². The van der Waals surface area contributed by atoms with E-state index in [0.29, 0.717) is 23.4 Å². The van der Waals surface area contributed by atoms with Gasteiger partial charge in [-0.1, -0.05) is 24.3 Å². The number of methoxy groups -OCH3 is 2. The summed E-state index contributed by atoms with van der Waals surface area (Å²) in [7, 11) is 3.21. The molecule has 0 amide bonds. The topological polar surface area (TPSA) is 68.3 Å². The van der Waals surface area contributed by atoms with Gasteiger partial charge >= 0.3 is 0 Å². The Hall–Kier alpha value is -2.93. The van der Waals surface area contributed by atoms with E-state index in [0.717, 1.165) is 16.9 Å². The van der Waals surface area contributed by atoms with E-state index in [4.69, 9.17) is 15.2 Å². The number of nitriles is 1. The first kappa shape index (κ1) is 15.5. The predicted molar refractivity (Wildman–Crippen MR) is 86.4 cm³/mol. The Kier molecular flexibility index (Phi) is 5.05. The average Bonchev–Trinajstić information content (AvgIpc) is 2.56. The fourth-order valence-electron chi connectivity index (χ4n) is 2.19. The number of benzene rings is 2. The van der Waals surface area contributed by atoms with Gasteiger partial charge in [0.1, 0.15) is 17.6 Å². The lowest BCUT2D eigenvalue weighted by Crippen LogP contribution is -2.05. The molecule has 0 radical (unpaired) electrons. The molecule has 0 unspecified atom stereocenters. The SMILES string of the molecule is COc1cccc(C/C(N)=C(\C#N)c2cccc(OC)c2)c1. The number of nitrogens with two attached hydrogens (primary N) is 1. The molecule has 0 aliphatic heterocycles. The van der Waals surface area contributed by atoms with Gasteiger partial charge in [-0.15, -0.1) is 0 Å². The molecule has 4 heteroatoms. The average molecular weight is 294 g/mol. The maximum Gasteiger partial charge on any atom is 0.119 e. The first-order valence-corrected chi connectivity index (χ1v) is 6.84. The van der Waals surface area contributed by atoms with E-state index < -0.39 is 0 Å². The second kappa shape index (κ2) is 7.19. The number of nitrogens with zero attached hydrogens (tertiary/aromatic N) is 1. The zero-order chi connectivity index (χ0) is 15.9. The molecule has 0 saturated heterocycles. The molecule has 0 bridgehead atoms. The first-order chi connectivity index (χ1) is 10.7. The van der Waals surface area contributed by atoms with E-state index in [1.165, 1.54) is 0 Å². The molecule has 4 nitrogen and oxygen atoms in total. The van der Waals surface area contributed by atoms with Crippen LogP contribution in [0.3, 0.4) is 0 Å². The van der Waals surface area contributed by atoms with E-state index in [2.05, 4.69) is 6.07 Å². The van der Waals surface area contributed by atoms with Crippen molar-refractivity contribution in [3.8, 4) is 17.6 Å². The summed E-state index contributed by atoms with van der Waals surface area (Å²) >= 11 is 0. The zero-order valence-corrected chi connectivity index (χ0v) is 12.7. The van der Waals surface area contributed by atoms with Crippen molar-refractivity contribution in [2.75, 3.05) is 14.2 Å². The number of hydrogen-bond donors (Lipinski definition) is 1. The van der Waals surface area contributed by atoms with Crippen LogP contribution in [0.15, 0.2) is 54.2 Å². The molecule has 0 fully saturated rings. The third kappa shape index (κ3) is 3.58. The fraction of sp³-hybridized carbons (Fsp3) is 0.167. The monoisotopic (exact) mass is 294 g/mol. The second-order valence-electron chi connectivity index (χ2n) is 4.77. The maximum absolute atomic E-state index is 9.44. The summed E-state index contributed by atoms with van der Waals surface area (Å²) < 4.78 is 10.4. The minimum absolute atomic E-state index is 0.460.